The molecule has 0 bridgehead atoms. The van der Waals surface area contributed by atoms with Crippen molar-refractivity contribution >= 4 is 0 Å². The number of hydrogen-bond donors (Lipinski definition) is 0. The average Bonchev–Trinajstić information content (AvgIpc) is 3.12. The summed E-state index contributed by atoms with van der Waals surface area (Å²) in [6, 6.07) is 14.9. The van der Waals surface area contributed by atoms with E-state index in [2.05, 4.69) is 9.72 Å². The monoisotopic (exact) mass is 467 g/mol. The normalized spacial score (nSPS) is 12.0. The third kappa shape index (κ3) is 6.54. The molecule has 0 atom stereocenters. The predicted molar refractivity (Wildman–Crippen MR) is 116 cm³/mol. The van der Waals surface area contributed by atoms with Gasteiger partial charge in [-0.25, -0.2) is 4.98 Å². The maximum Gasteiger partial charge on any atom is 0.435 e. The summed E-state index contributed by atoms with van der Waals surface area (Å²) in [5.41, 5.74) is 0.609. The van der Waals surface area contributed by atoms with Crippen LogP contribution in [0.15, 0.2) is 54.6 Å². The van der Waals surface area contributed by atoms with Crippen LogP contribution in [0.5, 0.6) is 5.75 Å². The van der Waals surface area contributed by atoms with E-state index in [1.807, 2.05) is 6.92 Å². The smallest absolute Gasteiger partial charge is 0.435 e. The number of alkyl halides is 5. The van der Waals surface area contributed by atoms with Crippen molar-refractivity contribution in [2.24, 2.45) is 0 Å². The number of aromatic nitrogens is 2. The van der Waals surface area contributed by atoms with E-state index in [9.17, 15) is 22.0 Å². The molecule has 178 valence electrons. The molecular formula is C24H26F5N3O. The van der Waals surface area contributed by atoms with Gasteiger partial charge in [0.1, 0.15) is 11.6 Å². The van der Waals surface area contributed by atoms with Crippen molar-refractivity contribution < 1.29 is 26.7 Å². The van der Waals surface area contributed by atoms with Crippen molar-refractivity contribution in [1.29, 1.82) is 0 Å². The van der Waals surface area contributed by atoms with E-state index in [0.29, 0.717) is 24.5 Å². The van der Waals surface area contributed by atoms with Gasteiger partial charge in [-0.15, -0.1) is 0 Å². The highest BCUT2D eigenvalue weighted by atomic mass is 19.4. The summed E-state index contributed by atoms with van der Waals surface area (Å²) < 4.78 is 72.5. The van der Waals surface area contributed by atoms with E-state index in [-0.39, 0.29) is 18.0 Å². The van der Waals surface area contributed by atoms with E-state index in [4.69, 9.17) is 0 Å². The van der Waals surface area contributed by atoms with Crippen molar-refractivity contribution in [3.05, 3.63) is 71.5 Å². The molecule has 0 spiro atoms. The molecule has 0 saturated carbocycles. The zero-order valence-corrected chi connectivity index (χ0v) is 18.4. The number of unbranched alkanes of at least 4 members (excludes halogenated alkanes) is 1. The van der Waals surface area contributed by atoms with Gasteiger partial charge >= 0.3 is 12.8 Å². The minimum absolute atomic E-state index is 0.0215. The van der Waals surface area contributed by atoms with Gasteiger partial charge < -0.3 is 9.30 Å². The molecule has 9 heteroatoms. The van der Waals surface area contributed by atoms with Crippen LogP contribution >= 0.6 is 0 Å². The lowest BCUT2D eigenvalue weighted by Crippen LogP contribution is -2.22. The third-order valence-electron chi connectivity index (χ3n) is 5.13. The Morgan fingerprint density at radius 3 is 2.24 bits per heavy atom. The van der Waals surface area contributed by atoms with Crippen molar-refractivity contribution in [2.45, 2.75) is 52.2 Å². The lowest BCUT2D eigenvalue weighted by atomic mass is 10.2. The van der Waals surface area contributed by atoms with Crippen LogP contribution < -0.4 is 4.74 Å². The first-order valence-corrected chi connectivity index (χ1v) is 10.6. The van der Waals surface area contributed by atoms with E-state index in [1.165, 1.54) is 12.1 Å². The summed E-state index contributed by atoms with van der Waals surface area (Å²) in [6.07, 6.45) is -3.04. The summed E-state index contributed by atoms with van der Waals surface area (Å²) in [5, 5.41) is 0. The largest absolute Gasteiger partial charge is 0.435 e. The molecule has 3 rings (SSSR count). The van der Waals surface area contributed by atoms with Gasteiger partial charge in [0, 0.05) is 25.2 Å². The van der Waals surface area contributed by atoms with E-state index in [1.54, 1.807) is 59.0 Å². The predicted octanol–water partition coefficient (Wildman–Crippen LogP) is 6.60. The quantitative estimate of drug-likeness (QED) is 0.315. The molecule has 0 aliphatic rings. The second-order valence-corrected chi connectivity index (χ2v) is 7.79. The first-order chi connectivity index (χ1) is 15.7. The summed E-state index contributed by atoms with van der Waals surface area (Å²) in [7, 11) is 1.71. The minimum atomic E-state index is -4.59. The van der Waals surface area contributed by atoms with Crippen molar-refractivity contribution in [3.63, 3.8) is 0 Å². The number of benzene rings is 2. The Labute approximate surface area is 189 Å². The number of rotatable bonds is 10. The lowest BCUT2D eigenvalue weighted by molar-refractivity contribution is -0.141. The molecule has 1 heterocycles. The zero-order chi connectivity index (χ0) is 24.0. The number of halogens is 5. The van der Waals surface area contributed by atoms with E-state index >= 15 is 0 Å². The first-order valence-electron chi connectivity index (χ1n) is 10.6. The molecule has 0 amide bonds. The van der Waals surface area contributed by atoms with Crippen LogP contribution in [0.4, 0.5) is 22.0 Å². The van der Waals surface area contributed by atoms with Gasteiger partial charge in [0.15, 0.2) is 5.69 Å². The number of nitrogens with zero attached hydrogens (tertiary/aromatic N) is 3. The highest BCUT2D eigenvalue weighted by molar-refractivity contribution is 5.57. The molecule has 0 radical (unpaired) electrons. The molecule has 0 saturated heterocycles. The molecule has 33 heavy (non-hydrogen) atoms. The fourth-order valence-corrected chi connectivity index (χ4v) is 3.64. The van der Waals surface area contributed by atoms with E-state index < -0.39 is 18.5 Å². The summed E-state index contributed by atoms with van der Waals surface area (Å²) in [5.74, 6) is 0.328. The van der Waals surface area contributed by atoms with Crippen LogP contribution in [-0.2, 0) is 25.8 Å². The van der Waals surface area contributed by atoms with Gasteiger partial charge in [0.25, 0.3) is 0 Å². The van der Waals surface area contributed by atoms with Crippen molar-refractivity contribution in [2.75, 3.05) is 7.05 Å². The standard InChI is InChI=1S/C24H26F5N3O/c1-3-4-14-32-20(16-31(2)15-17-10-12-19(13-11-17)33-23(25)26)21(24(27,28)29)30-22(32)18-8-6-5-7-9-18/h5-13,23H,3-4,14-16H2,1-2H3. The molecule has 0 fully saturated rings. The van der Waals surface area contributed by atoms with E-state index in [0.717, 1.165) is 18.4 Å². The minimum Gasteiger partial charge on any atom is -0.435 e. The van der Waals surface area contributed by atoms with Crippen LogP contribution in [0.25, 0.3) is 11.4 Å². The Morgan fingerprint density at radius 2 is 1.67 bits per heavy atom. The summed E-state index contributed by atoms with van der Waals surface area (Å²) >= 11 is 0. The fraction of sp³-hybridized carbons (Fsp3) is 0.375. The SMILES string of the molecule is CCCCn1c(-c2ccccc2)nc(C(F)(F)F)c1CN(C)Cc1ccc(OC(F)F)cc1. The summed E-state index contributed by atoms with van der Waals surface area (Å²) in [6.45, 7) is -0.162. The number of imidazole rings is 1. The third-order valence-corrected chi connectivity index (χ3v) is 5.13. The lowest BCUT2D eigenvalue weighted by Gasteiger charge is -2.20. The van der Waals surface area contributed by atoms with Crippen molar-refractivity contribution in [1.82, 2.24) is 14.5 Å². The molecule has 0 N–H and O–H groups in total. The van der Waals surface area contributed by atoms with Crippen LogP contribution in [0, 0.1) is 0 Å². The molecular weight excluding hydrogens is 441 g/mol. The van der Waals surface area contributed by atoms with Crippen molar-refractivity contribution in [3.8, 4) is 17.1 Å². The van der Waals surface area contributed by atoms with Crippen LogP contribution in [0.1, 0.15) is 36.7 Å². The Kier molecular flexibility index (Phi) is 8.07. The van der Waals surface area contributed by atoms with Gasteiger partial charge in [-0.05, 0) is 31.2 Å². The number of hydrogen-bond acceptors (Lipinski definition) is 3. The number of ether oxygens (including phenoxy) is 1. The van der Waals surface area contributed by atoms with Crippen LogP contribution in [0.3, 0.4) is 0 Å². The molecule has 0 aliphatic carbocycles. The Bertz CT molecular complexity index is 1020. The van der Waals surface area contributed by atoms with Gasteiger partial charge in [-0.1, -0.05) is 55.8 Å². The molecule has 0 unspecified atom stereocenters. The maximum atomic E-state index is 13.9. The fourth-order valence-electron chi connectivity index (χ4n) is 3.64. The molecule has 3 aromatic rings. The van der Waals surface area contributed by atoms with Gasteiger partial charge in [-0.3, -0.25) is 4.90 Å². The van der Waals surface area contributed by atoms with Crippen LogP contribution in [-0.4, -0.2) is 28.1 Å². The second-order valence-electron chi connectivity index (χ2n) is 7.79. The molecule has 4 nitrogen and oxygen atoms in total. The molecule has 0 aliphatic heterocycles. The second kappa shape index (κ2) is 10.8. The zero-order valence-electron chi connectivity index (χ0n) is 18.4. The van der Waals surface area contributed by atoms with Gasteiger partial charge in [0.05, 0.1) is 5.69 Å². The first kappa shape index (κ1) is 24.7. The Balaban J connectivity index is 1.90. The van der Waals surface area contributed by atoms with Gasteiger partial charge in [0.2, 0.25) is 0 Å². The highest BCUT2D eigenvalue weighted by Crippen LogP contribution is 2.35. The maximum absolute atomic E-state index is 13.9. The van der Waals surface area contributed by atoms with Crippen LogP contribution in [0.2, 0.25) is 0 Å². The average molecular weight is 467 g/mol. The topological polar surface area (TPSA) is 30.3 Å². The Hall–Kier alpha value is -2.94. The highest BCUT2D eigenvalue weighted by Gasteiger charge is 2.39. The Morgan fingerprint density at radius 1 is 1.00 bits per heavy atom. The molecule has 2 aromatic carbocycles. The van der Waals surface area contributed by atoms with Gasteiger partial charge in [-0.2, -0.15) is 22.0 Å². The molecule has 1 aromatic heterocycles. The summed E-state index contributed by atoms with van der Waals surface area (Å²) in [4.78, 5) is 5.77.